The first-order valence-electron chi connectivity index (χ1n) is 6.14. The summed E-state index contributed by atoms with van der Waals surface area (Å²) >= 11 is 0. The van der Waals surface area contributed by atoms with Crippen molar-refractivity contribution in [2.45, 2.75) is 46.5 Å². The third-order valence-electron chi connectivity index (χ3n) is 2.91. The monoisotopic (exact) mass is 238 g/mol. The lowest BCUT2D eigenvalue weighted by atomic mass is 9.95. The van der Waals surface area contributed by atoms with Crippen LogP contribution in [0, 0.1) is 12.8 Å². The van der Waals surface area contributed by atoms with Crippen LogP contribution in [0.25, 0.3) is 0 Å². The van der Waals surface area contributed by atoms with Crippen LogP contribution in [0.4, 0.5) is 0 Å². The van der Waals surface area contributed by atoms with Crippen molar-refractivity contribution in [1.29, 1.82) is 0 Å². The molecule has 1 N–H and O–H groups in total. The zero-order valence-electron chi connectivity index (χ0n) is 11.3. The summed E-state index contributed by atoms with van der Waals surface area (Å²) in [7, 11) is 1.42. The van der Waals surface area contributed by atoms with Crippen LogP contribution in [-0.4, -0.2) is 23.0 Å². The second-order valence-corrected chi connectivity index (χ2v) is 4.69. The molecule has 4 heteroatoms. The van der Waals surface area contributed by atoms with Crippen LogP contribution in [0.1, 0.15) is 50.3 Å². The number of hydrogen-bond donors (Lipinski definition) is 1. The van der Waals surface area contributed by atoms with Gasteiger partial charge in [0, 0.05) is 5.69 Å². The molecular weight excluding hydrogens is 216 g/mol. The minimum atomic E-state index is -0.302. The lowest BCUT2D eigenvalue weighted by molar-refractivity contribution is -0.143. The van der Waals surface area contributed by atoms with Crippen LogP contribution in [0.3, 0.4) is 0 Å². The maximum absolute atomic E-state index is 11.8. The van der Waals surface area contributed by atoms with Crippen LogP contribution in [0.15, 0.2) is 0 Å². The summed E-state index contributed by atoms with van der Waals surface area (Å²) in [6.45, 7) is 8.11. The standard InChI is InChI=1S/C13H22N2O2/c1-6-7-10-9(4)14-12(15-10)11(8(2)3)13(16)17-5/h8,11H,6-7H2,1-5H3,(H,14,15). The van der Waals surface area contributed by atoms with E-state index in [4.69, 9.17) is 4.74 Å². The van der Waals surface area contributed by atoms with E-state index < -0.39 is 0 Å². The molecular formula is C13H22N2O2. The highest BCUT2D eigenvalue weighted by Crippen LogP contribution is 2.24. The highest BCUT2D eigenvalue weighted by atomic mass is 16.5. The second kappa shape index (κ2) is 5.84. The Morgan fingerprint density at radius 1 is 1.47 bits per heavy atom. The minimum absolute atomic E-state index is 0.169. The molecule has 0 spiro atoms. The minimum Gasteiger partial charge on any atom is -0.468 e. The van der Waals surface area contributed by atoms with Gasteiger partial charge in [0.2, 0.25) is 0 Å². The fraction of sp³-hybridized carbons (Fsp3) is 0.692. The van der Waals surface area contributed by atoms with Gasteiger partial charge in [-0.15, -0.1) is 0 Å². The fourth-order valence-electron chi connectivity index (χ4n) is 1.98. The Morgan fingerprint density at radius 2 is 2.12 bits per heavy atom. The summed E-state index contributed by atoms with van der Waals surface area (Å²) in [4.78, 5) is 19.5. The molecule has 17 heavy (non-hydrogen) atoms. The van der Waals surface area contributed by atoms with E-state index in [9.17, 15) is 4.79 Å². The fourth-order valence-corrected chi connectivity index (χ4v) is 1.98. The molecule has 0 aromatic carbocycles. The zero-order valence-corrected chi connectivity index (χ0v) is 11.3. The number of nitrogens with zero attached hydrogens (tertiary/aromatic N) is 1. The largest absolute Gasteiger partial charge is 0.468 e. The van der Waals surface area contributed by atoms with E-state index in [2.05, 4.69) is 16.9 Å². The number of imidazole rings is 1. The van der Waals surface area contributed by atoms with Gasteiger partial charge < -0.3 is 9.72 Å². The second-order valence-electron chi connectivity index (χ2n) is 4.69. The Hall–Kier alpha value is -1.32. The van der Waals surface area contributed by atoms with Crippen molar-refractivity contribution < 1.29 is 9.53 Å². The number of aromatic nitrogens is 2. The van der Waals surface area contributed by atoms with Gasteiger partial charge in [-0.2, -0.15) is 0 Å². The van der Waals surface area contributed by atoms with Crippen molar-refractivity contribution in [1.82, 2.24) is 9.97 Å². The number of nitrogens with one attached hydrogen (secondary N) is 1. The van der Waals surface area contributed by atoms with Gasteiger partial charge in [0.15, 0.2) is 0 Å². The van der Waals surface area contributed by atoms with E-state index in [1.807, 2.05) is 20.8 Å². The van der Waals surface area contributed by atoms with Gasteiger partial charge in [0.1, 0.15) is 11.7 Å². The summed E-state index contributed by atoms with van der Waals surface area (Å²) in [6.07, 6.45) is 1.99. The predicted molar refractivity (Wildman–Crippen MR) is 66.9 cm³/mol. The van der Waals surface area contributed by atoms with Crippen LogP contribution in [-0.2, 0) is 16.0 Å². The Morgan fingerprint density at radius 3 is 2.59 bits per heavy atom. The van der Waals surface area contributed by atoms with Gasteiger partial charge in [-0.1, -0.05) is 27.2 Å². The number of H-pyrrole nitrogens is 1. The van der Waals surface area contributed by atoms with Gasteiger partial charge in [0.25, 0.3) is 0 Å². The van der Waals surface area contributed by atoms with Gasteiger partial charge in [-0.05, 0) is 19.3 Å². The Kier molecular flexibility index (Phi) is 4.73. The van der Waals surface area contributed by atoms with Crippen LogP contribution in [0.5, 0.6) is 0 Å². The normalized spacial score (nSPS) is 12.8. The lowest BCUT2D eigenvalue weighted by Crippen LogP contribution is -2.20. The maximum atomic E-state index is 11.8. The smallest absolute Gasteiger partial charge is 0.316 e. The molecule has 0 aliphatic carbocycles. The van der Waals surface area contributed by atoms with E-state index in [0.29, 0.717) is 0 Å². The lowest BCUT2D eigenvalue weighted by Gasteiger charge is -2.15. The maximum Gasteiger partial charge on any atom is 0.316 e. The van der Waals surface area contributed by atoms with E-state index in [1.165, 1.54) is 7.11 Å². The summed E-state index contributed by atoms with van der Waals surface area (Å²) in [5.41, 5.74) is 2.11. The third kappa shape index (κ3) is 3.08. The SMILES string of the molecule is CCCc1nc(C(C(=O)OC)C(C)C)[nH]c1C. The molecule has 1 heterocycles. The average Bonchev–Trinajstić information content (AvgIpc) is 2.60. The molecule has 1 aromatic rings. The number of carbonyl (C=O) groups is 1. The molecule has 1 atom stereocenters. The number of methoxy groups -OCH3 is 1. The number of ether oxygens (including phenoxy) is 1. The van der Waals surface area contributed by atoms with Crippen LogP contribution >= 0.6 is 0 Å². The first kappa shape index (κ1) is 13.7. The molecule has 96 valence electrons. The number of esters is 1. The summed E-state index contributed by atoms with van der Waals surface area (Å²) in [5.74, 6) is 0.372. The van der Waals surface area contributed by atoms with Crippen molar-refractivity contribution in [3.8, 4) is 0 Å². The molecule has 0 saturated heterocycles. The molecule has 0 radical (unpaired) electrons. The number of aryl methyl sites for hydroxylation is 2. The molecule has 0 fully saturated rings. The van der Waals surface area contributed by atoms with Crippen molar-refractivity contribution in [2.24, 2.45) is 5.92 Å². The van der Waals surface area contributed by atoms with Gasteiger partial charge in [-0.3, -0.25) is 4.79 Å². The predicted octanol–water partition coefficient (Wildman–Crippen LogP) is 2.58. The van der Waals surface area contributed by atoms with Crippen LogP contribution < -0.4 is 0 Å². The van der Waals surface area contributed by atoms with E-state index >= 15 is 0 Å². The van der Waals surface area contributed by atoms with Gasteiger partial charge in [-0.25, -0.2) is 4.98 Å². The van der Waals surface area contributed by atoms with Crippen LogP contribution in [0.2, 0.25) is 0 Å². The molecule has 4 nitrogen and oxygen atoms in total. The first-order chi connectivity index (χ1) is 8.01. The number of hydrogen-bond acceptors (Lipinski definition) is 3. The average molecular weight is 238 g/mol. The summed E-state index contributed by atoms with van der Waals surface area (Å²) < 4.78 is 4.84. The van der Waals surface area contributed by atoms with Crippen molar-refractivity contribution in [3.05, 3.63) is 17.2 Å². The van der Waals surface area contributed by atoms with Crippen molar-refractivity contribution >= 4 is 5.97 Å². The van der Waals surface area contributed by atoms with E-state index in [1.54, 1.807) is 0 Å². The van der Waals surface area contributed by atoms with Gasteiger partial charge >= 0.3 is 5.97 Å². The highest BCUT2D eigenvalue weighted by Gasteiger charge is 2.28. The number of rotatable bonds is 5. The van der Waals surface area contributed by atoms with E-state index in [-0.39, 0.29) is 17.8 Å². The molecule has 0 aliphatic heterocycles. The number of carbonyl (C=O) groups excluding carboxylic acids is 1. The molecule has 0 saturated carbocycles. The summed E-state index contributed by atoms with van der Waals surface area (Å²) in [6, 6.07) is 0. The Balaban J connectivity index is 3.03. The quantitative estimate of drug-likeness (QED) is 0.802. The molecule has 1 rings (SSSR count). The molecule has 1 unspecified atom stereocenters. The zero-order chi connectivity index (χ0) is 13.0. The molecule has 0 amide bonds. The van der Waals surface area contributed by atoms with Gasteiger partial charge in [0.05, 0.1) is 12.8 Å². The highest BCUT2D eigenvalue weighted by molar-refractivity contribution is 5.77. The molecule has 0 bridgehead atoms. The Labute approximate surface area is 103 Å². The topological polar surface area (TPSA) is 55.0 Å². The number of aromatic amines is 1. The van der Waals surface area contributed by atoms with Crippen molar-refractivity contribution in [3.63, 3.8) is 0 Å². The molecule has 1 aromatic heterocycles. The Bertz CT molecular complexity index is 383. The first-order valence-corrected chi connectivity index (χ1v) is 6.14. The third-order valence-corrected chi connectivity index (χ3v) is 2.91. The van der Waals surface area contributed by atoms with Crippen molar-refractivity contribution in [2.75, 3.05) is 7.11 Å². The summed E-state index contributed by atoms with van der Waals surface area (Å²) in [5, 5.41) is 0. The van der Waals surface area contributed by atoms with E-state index in [0.717, 1.165) is 30.1 Å². The molecule has 0 aliphatic rings.